The van der Waals surface area contributed by atoms with Crippen molar-refractivity contribution in [2.24, 2.45) is 0 Å². The van der Waals surface area contributed by atoms with Crippen LogP contribution in [-0.2, 0) is 4.79 Å². The van der Waals surface area contributed by atoms with Gasteiger partial charge in [-0.2, -0.15) is 0 Å². The molecule has 23 heavy (non-hydrogen) atoms. The number of hydrogen-bond acceptors (Lipinski definition) is 5. The number of fused-ring (bicyclic) bond motifs is 1. The number of halogens is 2. The summed E-state index contributed by atoms with van der Waals surface area (Å²) in [6, 6.07) is 6.51. The molecule has 3 rings (SSSR count). The van der Waals surface area contributed by atoms with Gasteiger partial charge in [0, 0.05) is 15.7 Å². The largest absolute Gasteiger partial charge is 0.325 e. The van der Waals surface area contributed by atoms with Gasteiger partial charge in [-0.1, -0.05) is 35.0 Å². The maximum absolute atomic E-state index is 12.0. The monoisotopic (exact) mass is 385 g/mol. The number of rotatable bonds is 4. The fourth-order valence-corrected chi connectivity index (χ4v) is 3.88. The third-order valence-corrected chi connectivity index (χ3v) is 4.92. The number of H-pyrrole nitrogens is 1. The first-order valence-electron chi connectivity index (χ1n) is 6.37. The normalized spacial score (nSPS) is 10.9. The molecular weight excluding hydrogens is 377 g/mol. The minimum atomic E-state index is -0.248. The molecule has 2 N–H and O–H groups in total. The number of benzene rings is 1. The second-order valence-electron chi connectivity index (χ2n) is 4.51. The van der Waals surface area contributed by atoms with Crippen LogP contribution in [0.2, 0.25) is 10.0 Å². The standard InChI is InChI=1S/C14H9Cl2N3O2S2/c15-7-3-8(16)5-9(4-7)17-11(20)6-23-14-18-12(21)10-1-2-22-13(10)19-14/h1-5H,6H2,(H,17,20)(H,18,19,21). The van der Waals surface area contributed by atoms with Crippen LogP contribution in [0.1, 0.15) is 0 Å². The third-order valence-electron chi connectivity index (χ3n) is 2.80. The van der Waals surface area contributed by atoms with E-state index in [0.717, 1.165) is 11.8 Å². The lowest BCUT2D eigenvalue weighted by Gasteiger charge is -2.06. The molecular formula is C14H9Cl2N3O2S2. The van der Waals surface area contributed by atoms with Crippen molar-refractivity contribution in [2.45, 2.75) is 5.16 Å². The molecule has 0 bridgehead atoms. The van der Waals surface area contributed by atoms with Crippen LogP contribution >= 0.6 is 46.3 Å². The van der Waals surface area contributed by atoms with Crippen molar-refractivity contribution < 1.29 is 4.79 Å². The lowest BCUT2D eigenvalue weighted by molar-refractivity contribution is -0.113. The fourth-order valence-electron chi connectivity index (χ4n) is 1.87. The summed E-state index contributed by atoms with van der Waals surface area (Å²) in [6.45, 7) is 0. The van der Waals surface area contributed by atoms with Crippen LogP contribution in [-0.4, -0.2) is 21.6 Å². The van der Waals surface area contributed by atoms with Gasteiger partial charge in [0.2, 0.25) is 5.91 Å². The van der Waals surface area contributed by atoms with E-state index in [2.05, 4.69) is 15.3 Å². The highest BCUT2D eigenvalue weighted by molar-refractivity contribution is 7.99. The van der Waals surface area contributed by atoms with Gasteiger partial charge in [0.15, 0.2) is 5.16 Å². The smallest absolute Gasteiger partial charge is 0.260 e. The molecule has 0 radical (unpaired) electrons. The predicted molar refractivity (Wildman–Crippen MR) is 96.1 cm³/mol. The minimum Gasteiger partial charge on any atom is -0.325 e. The predicted octanol–water partition coefficient (Wildman–Crippen LogP) is 4.02. The Bertz CT molecular complexity index is 919. The maximum atomic E-state index is 12.0. The summed E-state index contributed by atoms with van der Waals surface area (Å²) >= 11 is 14.3. The van der Waals surface area contributed by atoms with Crippen LogP contribution in [0.5, 0.6) is 0 Å². The molecule has 0 aliphatic heterocycles. The first-order chi connectivity index (χ1) is 11.0. The molecule has 1 aromatic carbocycles. The number of thioether (sulfide) groups is 1. The molecule has 0 unspecified atom stereocenters. The van der Waals surface area contributed by atoms with E-state index in [1.54, 1.807) is 29.6 Å². The number of carbonyl (C=O) groups excluding carboxylic acids is 1. The number of aromatic nitrogens is 2. The van der Waals surface area contributed by atoms with Gasteiger partial charge in [-0.25, -0.2) is 4.98 Å². The number of nitrogens with one attached hydrogen (secondary N) is 2. The molecule has 118 valence electrons. The summed E-state index contributed by atoms with van der Waals surface area (Å²) in [4.78, 5) is 31.4. The summed E-state index contributed by atoms with van der Waals surface area (Å²) in [6.07, 6.45) is 0. The summed E-state index contributed by atoms with van der Waals surface area (Å²) in [5, 5.41) is 6.34. The number of thiophene rings is 1. The molecule has 0 spiro atoms. The summed E-state index contributed by atoms with van der Waals surface area (Å²) < 4.78 is 0. The van der Waals surface area contributed by atoms with Crippen molar-refractivity contribution in [2.75, 3.05) is 11.1 Å². The number of aromatic amines is 1. The zero-order chi connectivity index (χ0) is 16.4. The molecule has 2 heterocycles. The van der Waals surface area contributed by atoms with E-state index in [9.17, 15) is 9.59 Å². The number of amides is 1. The molecule has 3 aromatic rings. The van der Waals surface area contributed by atoms with Gasteiger partial charge in [0.25, 0.3) is 5.56 Å². The molecule has 0 saturated heterocycles. The molecule has 9 heteroatoms. The van der Waals surface area contributed by atoms with E-state index in [1.807, 2.05) is 0 Å². The number of nitrogens with zero attached hydrogens (tertiary/aromatic N) is 1. The van der Waals surface area contributed by atoms with E-state index in [1.165, 1.54) is 11.3 Å². The number of hydrogen-bond donors (Lipinski definition) is 2. The quantitative estimate of drug-likeness (QED) is 0.525. The Morgan fingerprint density at radius 1 is 1.30 bits per heavy atom. The molecule has 0 atom stereocenters. The van der Waals surface area contributed by atoms with E-state index in [0.29, 0.717) is 31.1 Å². The summed E-state index contributed by atoms with van der Waals surface area (Å²) in [7, 11) is 0. The Hall–Kier alpha value is -1.54. The van der Waals surface area contributed by atoms with Crippen molar-refractivity contribution in [3.8, 4) is 0 Å². The topological polar surface area (TPSA) is 74.8 Å². The van der Waals surface area contributed by atoms with Crippen molar-refractivity contribution in [1.82, 2.24) is 9.97 Å². The van der Waals surface area contributed by atoms with E-state index in [-0.39, 0.29) is 17.2 Å². The number of anilines is 1. The average Bonchev–Trinajstić information content (AvgIpc) is 2.93. The van der Waals surface area contributed by atoms with Crippen LogP contribution in [0.4, 0.5) is 5.69 Å². The first-order valence-corrected chi connectivity index (χ1v) is 8.99. The van der Waals surface area contributed by atoms with Crippen molar-refractivity contribution in [3.63, 3.8) is 0 Å². The van der Waals surface area contributed by atoms with E-state index in [4.69, 9.17) is 23.2 Å². The SMILES string of the molecule is O=C(CSc1nc2sccc2c(=O)[nH]1)Nc1cc(Cl)cc(Cl)c1. The second-order valence-corrected chi connectivity index (χ2v) is 7.24. The highest BCUT2D eigenvalue weighted by atomic mass is 35.5. The molecule has 2 aromatic heterocycles. The number of carbonyl (C=O) groups is 1. The lowest BCUT2D eigenvalue weighted by atomic mass is 10.3. The Kier molecular flexibility index (Phi) is 4.91. The molecule has 0 aliphatic carbocycles. The van der Waals surface area contributed by atoms with E-state index < -0.39 is 0 Å². The molecule has 1 amide bonds. The molecule has 0 aliphatic rings. The average molecular weight is 386 g/mol. The fraction of sp³-hybridized carbons (Fsp3) is 0.0714. The van der Waals surface area contributed by atoms with Crippen LogP contribution in [0.25, 0.3) is 10.2 Å². The van der Waals surface area contributed by atoms with Gasteiger partial charge < -0.3 is 10.3 Å². The van der Waals surface area contributed by atoms with E-state index >= 15 is 0 Å². The maximum Gasteiger partial charge on any atom is 0.260 e. The zero-order valence-electron chi connectivity index (χ0n) is 11.4. The van der Waals surface area contributed by atoms with Gasteiger partial charge in [0.05, 0.1) is 11.1 Å². The Labute approximate surface area is 149 Å². The molecule has 5 nitrogen and oxygen atoms in total. The van der Waals surface area contributed by atoms with Gasteiger partial charge in [-0.3, -0.25) is 9.59 Å². The Balaban J connectivity index is 1.67. The van der Waals surface area contributed by atoms with Gasteiger partial charge >= 0.3 is 0 Å². The van der Waals surface area contributed by atoms with Crippen molar-refractivity contribution in [1.29, 1.82) is 0 Å². The second kappa shape index (κ2) is 6.92. The van der Waals surface area contributed by atoms with Gasteiger partial charge in [-0.15, -0.1) is 11.3 Å². The lowest BCUT2D eigenvalue weighted by Crippen LogP contribution is -2.15. The highest BCUT2D eigenvalue weighted by Crippen LogP contribution is 2.23. The van der Waals surface area contributed by atoms with Crippen molar-refractivity contribution in [3.05, 3.63) is 50.0 Å². The zero-order valence-corrected chi connectivity index (χ0v) is 14.6. The molecule has 0 fully saturated rings. The van der Waals surface area contributed by atoms with Crippen LogP contribution in [0, 0.1) is 0 Å². The minimum absolute atomic E-state index is 0.101. The summed E-state index contributed by atoms with van der Waals surface area (Å²) in [5.41, 5.74) is 0.309. The van der Waals surface area contributed by atoms with Crippen LogP contribution < -0.4 is 10.9 Å². The van der Waals surface area contributed by atoms with Gasteiger partial charge in [0.1, 0.15) is 4.83 Å². The van der Waals surface area contributed by atoms with Crippen LogP contribution in [0.15, 0.2) is 39.6 Å². The van der Waals surface area contributed by atoms with Gasteiger partial charge in [-0.05, 0) is 29.6 Å². The highest BCUT2D eigenvalue weighted by Gasteiger charge is 2.09. The third kappa shape index (κ3) is 4.06. The Morgan fingerprint density at radius 2 is 2.04 bits per heavy atom. The Morgan fingerprint density at radius 3 is 2.78 bits per heavy atom. The van der Waals surface area contributed by atoms with Crippen LogP contribution in [0.3, 0.4) is 0 Å². The molecule has 0 saturated carbocycles. The first kappa shape index (κ1) is 16.3. The summed E-state index contributed by atoms with van der Waals surface area (Å²) in [5.74, 6) is -0.147. The van der Waals surface area contributed by atoms with Crippen molar-refractivity contribution >= 4 is 68.1 Å².